The van der Waals surface area contributed by atoms with Crippen LogP contribution < -0.4 is 10.2 Å². The van der Waals surface area contributed by atoms with E-state index in [9.17, 15) is 14.4 Å². The zero-order valence-corrected chi connectivity index (χ0v) is 16.6. The predicted molar refractivity (Wildman–Crippen MR) is 115 cm³/mol. The molecule has 0 bridgehead atoms. The van der Waals surface area contributed by atoms with E-state index in [2.05, 4.69) is 5.32 Å². The molecule has 1 aliphatic heterocycles. The van der Waals surface area contributed by atoms with E-state index in [-0.39, 0.29) is 5.91 Å². The summed E-state index contributed by atoms with van der Waals surface area (Å²) in [5.41, 5.74) is 1.61. The Morgan fingerprint density at radius 3 is 2.57 bits per heavy atom. The van der Waals surface area contributed by atoms with Gasteiger partial charge in [-0.2, -0.15) is 0 Å². The number of carbonyl (C=O) groups is 3. The first kappa shape index (κ1) is 19.6. The summed E-state index contributed by atoms with van der Waals surface area (Å²) < 4.78 is 5.35. The molecule has 6 nitrogen and oxygen atoms in total. The Labute approximate surface area is 174 Å². The van der Waals surface area contributed by atoms with Crippen LogP contribution >= 0.6 is 0 Å². The molecule has 1 heterocycles. The minimum Gasteiger partial charge on any atom is -0.449 e. The molecule has 2 amide bonds. The summed E-state index contributed by atoms with van der Waals surface area (Å²) in [7, 11) is 0. The molecule has 3 aromatic rings. The van der Waals surface area contributed by atoms with Gasteiger partial charge in [0.05, 0.1) is 5.56 Å². The second kappa shape index (κ2) is 8.37. The van der Waals surface area contributed by atoms with E-state index >= 15 is 0 Å². The lowest BCUT2D eigenvalue weighted by Crippen LogP contribution is -2.30. The molecule has 30 heavy (non-hydrogen) atoms. The Morgan fingerprint density at radius 2 is 1.80 bits per heavy atom. The van der Waals surface area contributed by atoms with Gasteiger partial charge < -0.3 is 15.0 Å². The number of esters is 1. The van der Waals surface area contributed by atoms with Gasteiger partial charge >= 0.3 is 5.97 Å². The molecule has 3 aromatic carbocycles. The number of anilines is 2. The Kier molecular flexibility index (Phi) is 5.48. The SMILES string of the molecule is C[C@H](OC(=O)c1cccc(N2CCCC2=O)c1)C(=O)Nc1ccc2ccccc2c1. The fourth-order valence-electron chi connectivity index (χ4n) is 3.52. The summed E-state index contributed by atoms with van der Waals surface area (Å²) in [6.07, 6.45) is 0.348. The molecular weight excluding hydrogens is 380 g/mol. The highest BCUT2D eigenvalue weighted by atomic mass is 16.5. The molecular formula is C24H22N2O4. The molecule has 1 fully saturated rings. The fourth-order valence-corrected chi connectivity index (χ4v) is 3.52. The van der Waals surface area contributed by atoms with Crippen LogP contribution in [0.4, 0.5) is 11.4 Å². The van der Waals surface area contributed by atoms with Crippen LogP contribution in [0.3, 0.4) is 0 Å². The average molecular weight is 402 g/mol. The number of nitrogens with one attached hydrogen (secondary N) is 1. The summed E-state index contributed by atoms with van der Waals surface area (Å²) >= 11 is 0. The quantitative estimate of drug-likeness (QED) is 0.651. The normalized spacial score (nSPS) is 14.6. The lowest BCUT2D eigenvalue weighted by atomic mass is 10.1. The van der Waals surface area contributed by atoms with Gasteiger partial charge in [-0.3, -0.25) is 9.59 Å². The molecule has 0 saturated carbocycles. The van der Waals surface area contributed by atoms with Crippen LogP contribution in [0.15, 0.2) is 66.7 Å². The number of benzene rings is 3. The molecule has 0 aliphatic carbocycles. The molecule has 6 heteroatoms. The number of rotatable bonds is 5. The van der Waals surface area contributed by atoms with E-state index < -0.39 is 18.0 Å². The highest BCUT2D eigenvalue weighted by Crippen LogP contribution is 2.23. The topological polar surface area (TPSA) is 75.7 Å². The first-order chi connectivity index (χ1) is 14.5. The molecule has 0 radical (unpaired) electrons. The van der Waals surface area contributed by atoms with Gasteiger partial charge in [0.15, 0.2) is 6.10 Å². The van der Waals surface area contributed by atoms with Crippen LogP contribution in [-0.2, 0) is 14.3 Å². The maximum Gasteiger partial charge on any atom is 0.338 e. The van der Waals surface area contributed by atoms with E-state index in [4.69, 9.17) is 4.74 Å². The Balaban J connectivity index is 1.41. The summed E-state index contributed by atoms with van der Waals surface area (Å²) in [4.78, 5) is 38.6. The summed E-state index contributed by atoms with van der Waals surface area (Å²) in [6.45, 7) is 2.17. The van der Waals surface area contributed by atoms with E-state index in [1.807, 2.05) is 42.5 Å². The highest BCUT2D eigenvalue weighted by molar-refractivity contribution is 6.00. The van der Waals surface area contributed by atoms with Crippen molar-refractivity contribution in [2.24, 2.45) is 0 Å². The minimum atomic E-state index is -0.971. The summed E-state index contributed by atoms with van der Waals surface area (Å²) in [5, 5.41) is 4.87. The molecule has 0 spiro atoms. The summed E-state index contributed by atoms with van der Waals surface area (Å²) in [5.74, 6) is -0.974. The molecule has 152 valence electrons. The van der Waals surface area contributed by atoms with E-state index in [0.717, 1.165) is 17.2 Å². The van der Waals surface area contributed by atoms with Crippen LogP contribution in [0, 0.1) is 0 Å². The third-order valence-corrected chi connectivity index (χ3v) is 5.14. The Morgan fingerprint density at radius 1 is 1.00 bits per heavy atom. The second-order valence-electron chi connectivity index (χ2n) is 7.30. The standard InChI is InChI=1S/C24H22N2O4/c1-16(23(28)25-20-12-11-17-6-2-3-7-18(17)14-20)30-24(29)19-8-4-9-21(15-19)26-13-5-10-22(26)27/h2-4,6-9,11-12,14-16H,5,10,13H2,1H3,(H,25,28)/t16-/m0/s1. The van der Waals surface area contributed by atoms with Gasteiger partial charge in [0.2, 0.25) is 5.91 Å². The van der Waals surface area contributed by atoms with Gasteiger partial charge in [-0.05, 0) is 54.4 Å². The molecule has 1 atom stereocenters. The van der Waals surface area contributed by atoms with Crippen LogP contribution in [0.5, 0.6) is 0 Å². The van der Waals surface area contributed by atoms with Crippen molar-refractivity contribution >= 4 is 39.9 Å². The predicted octanol–water partition coefficient (Wildman–Crippen LogP) is 4.15. The number of hydrogen-bond acceptors (Lipinski definition) is 4. The van der Waals surface area contributed by atoms with Crippen molar-refractivity contribution < 1.29 is 19.1 Å². The molecule has 1 aliphatic rings. The number of amides is 2. The highest BCUT2D eigenvalue weighted by Gasteiger charge is 2.24. The zero-order valence-electron chi connectivity index (χ0n) is 16.6. The smallest absolute Gasteiger partial charge is 0.338 e. The van der Waals surface area contributed by atoms with Crippen molar-refractivity contribution in [1.82, 2.24) is 0 Å². The van der Waals surface area contributed by atoms with Crippen LogP contribution in [0.2, 0.25) is 0 Å². The van der Waals surface area contributed by atoms with E-state index in [1.165, 1.54) is 6.92 Å². The minimum absolute atomic E-state index is 0.0450. The molecule has 0 unspecified atom stereocenters. The third kappa shape index (κ3) is 4.17. The second-order valence-corrected chi connectivity index (χ2v) is 7.30. The number of ether oxygens (including phenoxy) is 1. The monoisotopic (exact) mass is 402 g/mol. The van der Waals surface area contributed by atoms with Crippen molar-refractivity contribution in [3.05, 3.63) is 72.3 Å². The third-order valence-electron chi connectivity index (χ3n) is 5.14. The molecule has 1 N–H and O–H groups in total. The molecule has 4 rings (SSSR count). The van der Waals surface area contributed by atoms with Crippen LogP contribution in [0.1, 0.15) is 30.1 Å². The first-order valence-electron chi connectivity index (χ1n) is 9.92. The maximum atomic E-state index is 12.5. The maximum absolute atomic E-state index is 12.5. The van der Waals surface area contributed by atoms with E-state index in [0.29, 0.717) is 29.9 Å². The Hall–Kier alpha value is -3.67. The van der Waals surface area contributed by atoms with Gasteiger partial charge in [-0.25, -0.2) is 4.79 Å². The first-order valence-corrected chi connectivity index (χ1v) is 9.92. The number of nitrogens with zero attached hydrogens (tertiary/aromatic N) is 1. The number of fused-ring (bicyclic) bond motifs is 1. The van der Waals surface area contributed by atoms with Gasteiger partial charge in [0.25, 0.3) is 5.91 Å². The van der Waals surface area contributed by atoms with Crippen molar-refractivity contribution in [3.63, 3.8) is 0 Å². The summed E-state index contributed by atoms with van der Waals surface area (Å²) in [6, 6.07) is 20.2. The van der Waals surface area contributed by atoms with Crippen molar-refractivity contribution in [3.8, 4) is 0 Å². The zero-order chi connectivity index (χ0) is 21.1. The molecule has 0 aromatic heterocycles. The van der Waals surface area contributed by atoms with Gasteiger partial charge in [0, 0.05) is 24.3 Å². The van der Waals surface area contributed by atoms with Crippen molar-refractivity contribution in [2.75, 3.05) is 16.8 Å². The number of carbonyl (C=O) groups excluding carboxylic acids is 3. The van der Waals surface area contributed by atoms with Gasteiger partial charge in [-0.1, -0.05) is 36.4 Å². The van der Waals surface area contributed by atoms with Crippen LogP contribution in [-0.4, -0.2) is 30.4 Å². The van der Waals surface area contributed by atoms with E-state index in [1.54, 1.807) is 29.2 Å². The lowest BCUT2D eigenvalue weighted by molar-refractivity contribution is -0.123. The van der Waals surface area contributed by atoms with Gasteiger partial charge in [0.1, 0.15) is 0 Å². The van der Waals surface area contributed by atoms with Crippen molar-refractivity contribution in [1.29, 1.82) is 0 Å². The largest absolute Gasteiger partial charge is 0.449 e. The molecule has 1 saturated heterocycles. The van der Waals surface area contributed by atoms with Crippen LogP contribution in [0.25, 0.3) is 10.8 Å². The van der Waals surface area contributed by atoms with Gasteiger partial charge in [-0.15, -0.1) is 0 Å². The lowest BCUT2D eigenvalue weighted by Gasteiger charge is -2.17. The fraction of sp³-hybridized carbons (Fsp3) is 0.208. The Bertz CT molecular complexity index is 1120. The average Bonchev–Trinajstić information content (AvgIpc) is 3.19. The van der Waals surface area contributed by atoms with Crippen molar-refractivity contribution in [2.45, 2.75) is 25.9 Å². The number of hydrogen-bond donors (Lipinski definition) is 1.